The van der Waals surface area contributed by atoms with E-state index in [1.165, 1.54) is 5.56 Å². The monoisotopic (exact) mass is 467 g/mol. The molecule has 2 aliphatic rings. The lowest BCUT2D eigenvalue weighted by Crippen LogP contribution is -2.36. The van der Waals surface area contributed by atoms with Crippen molar-refractivity contribution in [2.24, 2.45) is 0 Å². The first-order chi connectivity index (χ1) is 14.6. The Labute approximate surface area is 182 Å². The standard InChI is InChI=1S/C24H22BrNO4/c1-2-14-5-7-15(8-6-14)21-20-22(27)18-12-16(25)9-10-19(18)30-23(20)24(28)26(21)13-17-4-3-11-29-17/h5-10,12,17,21H,2-4,11,13H2,1H3. The van der Waals surface area contributed by atoms with Crippen molar-refractivity contribution in [3.8, 4) is 0 Å². The van der Waals surface area contributed by atoms with E-state index >= 15 is 0 Å². The van der Waals surface area contributed by atoms with Crippen molar-refractivity contribution in [1.82, 2.24) is 4.90 Å². The molecule has 3 aromatic rings. The lowest BCUT2D eigenvalue weighted by Gasteiger charge is -2.27. The second-order valence-corrected chi connectivity index (χ2v) is 8.82. The van der Waals surface area contributed by atoms with Gasteiger partial charge >= 0.3 is 0 Å². The van der Waals surface area contributed by atoms with Crippen molar-refractivity contribution in [1.29, 1.82) is 0 Å². The molecule has 0 saturated carbocycles. The van der Waals surface area contributed by atoms with Crippen LogP contribution < -0.4 is 5.43 Å². The van der Waals surface area contributed by atoms with Gasteiger partial charge in [-0.05, 0) is 48.6 Å². The number of halogens is 1. The Morgan fingerprint density at radius 3 is 2.63 bits per heavy atom. The summed E-state index contributed by atoms with van der Waals surface area (Å²) in [5.74, 6) is -0.0932. The number of hydrogen-bond donors (Lipinski definition) is 0. The highest BCUT2D eigenvalue weighted by Crippen LogP contribution is 2.39. The minimum absolute atomic E-state index is 0.0145. The molecule has 2 aliphatic heterocycles. The van der Waals surface area contributed by atoms with Gasteiger partial charge in [0.15, 0.2) is 5.43 Å². The van der Waals surface area contributed by atoms with Crippen LogP contribution in [0.1, 0.15) is 53.1 Å². The van der Waals surface area contributed by atoms with E-state index in [4.69, 9.17) is 9.15 Å². The quantitative estimate of drug-likeness (QED) is 0.550. The molecule has 1 saturated heterocycles. The summed E-state index contributed by atoms with van der Waals surface area (Å²) in [6, 6.07) is 13.0. The smallest absolute Gasteiger partial charge is 0.291 e. The van der Waals surface area contributed by atoms with Crippen LogP contribution in [0.2, 0.25) is 0 Å². The molecule has 2 atom stereocenters. The Balaban J connectivity index is 1.69. The topological polar surface area (TPSA) is 59.8 Å². The van der Waals surface area contributed by atoms with Crippen molar-refractivity contribution in [3.63, 3.8) is 0 Å². The minimum atomic E-state index is -0.470. The van der Waals surface area contributed by atoms with Gasteiger partial charge < -0.3 is 14.1 Å². The highest BCUT2D eigenvalue weighted by Gasteiger charge is 2.43. The number of rotatable bonds is 4. The van der Waals surface area contributed by atoms with Gasteiger partial charge in [0, 0.05) is 17.6 Å². The normalized spacial score (nSPS) is 20.9. The molecule has 5 rings (SSSR count). The predicted molar refractivity (Wildman–Crippen MR) is 118 cm³/mol. The minimum Gasteiger partial charge on any atom is -0.450 e. The number of nitrogens with zero attached hydrogens (tertiary/aromatic N) is 1. The summed E-state index contributed by atoms with van der Waals surface area (Å²) >= 11 is 3.43. The van der Waals surface area contributed by atoms with Crippen molar-refractivity contribution in [2.75, 3.05) is 13.2 Å². The third kappa shape index (κ3) is 3.19. The van der Waals surface area contributed by atoms with Gasteiger partial charge in [-0.2, -0.15) is 0 Å². The van der Waals surface area contributed by atoms with Gasteiger partial charge in [0.25, 0.3) is 5.91 Å². The number of ether oxygens (including phenoxy) is 1. The van der Waals surface area contributed by atoms with E-state index in [0.29, 0.717) is 29.7 Å². The Morgan fingerprint density at radius 2 is 1.93 bits per heavy atom. The lowest BCUT2D eigenvalue weighted by molar-refractivity contribution is 0.0486. The van der Waals surface area contributed by atoms with E-state index in [-0.39, 0.29) is 23.2 Å². The molecule has 0 radical (unpaired) electrons. The van der Waals surface area contributed by atoms with E-state index in [2.05, 4.69) is 35.0 Å². The zero-order valence-electron chi connectivity index (χ0n) is 16.7. The van der Waals surface area contributed by atoms with Crippen LogP contribution in [0.5, 0.6) is 0 Å². The van der Waals surface area contributed by atoms with Crippen LogP contribution in [-0.2, 0) is 11.2 Å². The number of fused-ring (bicyclic) bond motifs is 2. The van der Waals surface area contributed by atoms with E-state index in [1.54, 1.807) is 17.0 Å². The van der Waals surface area contributed by atoms with Crippen LogP contribution in [0.4, 0.5) is 0 Å². The van der Waals surface area contributed by atoms with Gasteiger partial charge in [0.1, 0.15) is 5.58 Å². The third-order valence-corrected chi connectivity index (χ3v) is 6.55. The molecule has 6 heteroatoms. The first-order valence-electron chi connectivity index (χ1n) is 10.3. The average Bonchev–Trinajstić information content (AvgIpc) is 3.37. The van der Waals surface area contributed by atoms with Gasteiger partial charge in [-0.3, -0.25) is 9.59 Å². The number of aryl methyl sites for hydroxylation is 1. The molecule has 2 unspecified atom stereocenters. The maximum absolute atomic E-state index is 13.5. The Kier molecular flexibility index (Phi) is 4.99. The summed E-state index contributed by atoms with van der Waals surface area (Å²) in [5, 5.41) is 0.477. The van der Waals surface area contributed by atoms with Crippen LogP contribution in [0.25, 0.3) is 11.0 Å². The van der Waals surface area contributed by atoms with Gasteiger partial charge in [-0.25, -0.2) is 0 Å². The molecule has 0 N–H and O–H groups in total. The van der Waals surface area contributed by atoms with E-state index < -0.39 is 6.04 Å². The fourth-order valence-electron chi connectivity index (χ4n) is 4.47. The van der Waals surface area contributed by atoms with Gasteiger partial charge in [0.05, 0.1) is 23.1 Å². The molecule has 154 valence electrons. The number of benzene rings is 2. The van der Waals surface area contributed by atoms with Crippen LogP contribution in [0, 0.1) is 0 Å². The lowest BCUT2D eigenvalue weighted by atomic mass is 9.97. The molecular weight excluding hydrogens is 446 g/mol. The number of hydrogen-bond acceptors (Lipinski definition) is 4. The van der Waals surface area contributed by atoms with Crippen LogP contribution in [0.3, 0.4) is 0 Å². The summed E-state index contributed by atoms with van der Waals surface area (Å²) in [5.41, 5.74) is 2.82. The average molecular weight is 468 g/mol. The third-order valence-electron chi connectivity index (χ3n) is 6.06. The molecule has 3 heterocycles. The molecule has 1 aromatic heterocycles. The highest BCUT2D eigenvalue weighted by molar-refractivity contribution is 9.10. The summed E-state index contributed by atoms with van der Waals surface area (Å²) < 4.78 is 12.6. The fourth-order valence-corrected chi connectivity index (χ4v) is 4.83. The van der Waals surface area contributed by atoms with E-state index in [0.717, 1.165) is 29.3 Å². The summed E-state index contributed by atoms with van der Waals surface area (Å²) in [6.07, 6.45) is 2.82. The summed E-state index contributed by atoms with van der Waals surface area (Å²) in [7, 11) is 0. The van der Waals surface area contributed by atoms with Crippen LogP contribution in [-0.4, -0.2) is 30.1 Å². The Hall–Kier alpha value is -2.44. The molecule has 1 amide bonds. The van der Waals surface area contributed by atoms with E-state index in [9.17, 15) is 9.59 Å². The van der Waals surface area contributed by atoms with Crippen molar-refractivity contribution in [2.45, 2.75) is 38.3 Å². The van der Waals surface area contributed by atoms with Gasteiger partial charge in [-0.1, -0.05) is 47.1 Å². The molecular formula is C24H22BrNO4. The predicted octanol–water partition coefficient (Wildman–Crippen LogP) is 4.84. The number of carbonyl (C=O) groups excluding carboxylic acids is 1. The number of amides is 1. The zero-order chi connectivity index (χ0) is 20.8. The first kappa shape index (κ1) is 19.5. The molecule has 0 bridgehead atoms. The van der Waals surface area contributed by atoms with Crippen LogP contribution in [0.15, 0.2) is 56.1 Å². The van der Waals surface area contributed by atoms with Gasteiger partial charge in [-0.15, -0.1) is 0 Å². The second-order valence-electron chi connectivity index (χ2n) is 7.90. The Bertz CT molecular complexity index is 1180. The first-order valence-corrected chi connectivity index (χ1v) is 11.1. The fraction of sp³-hybridized carbons (Fsp3) is 0.333. The SMILES string of the molecule is CCc1ccc(C2c3c(oc4ccc(Br)cc4c3=O)C(=O)N2CC2CCCO2)cc1. The molecule has 30 heavy (non-hydrogen) atoms. The molecule has 2 aromatic carbocycles. The van der Waals surface area contributed by atoms with Gasteiger partial charge in [0.2, 0.25) is 5.76 Å². The Morgan fingerprint density at radius 1 is 1.13 bits per heavy atom. The zero-order valence-corrected chi connectivity index (χ0v) is 18.3. The van der Waals surface area contributed by atoms with Crippen LogP contribution >= 0.6 is 15.9 Å². The maximum Gasteiger partial charge on any atom is 0.291 e. The summed E-state index contributed by atoms with van der Waals surface area (Å²) in [6.45, 7) is 3.26. The number of carbonyl (C=O) groups is 1. The molecule has 5 nitrogen and oxygen atoms in total. The summed E-state index contributed by atoms with van der Waals surface area (Å²) in [4.78, 5) is 28.6. The van der Waals surface area contributed by atoms with Crippen molar-refractivity contribution < 1.29 is 13.9 Å². The molecule has 0 aliphatic carbocycles. The van der Waals surface area contributed by atoms with E-state index in [1.807, 2.05) is 18.2 Å². The molecule has 0 spiro atoms. The van der Waals surface area contributed by atoms with Crippen molar-refractivity contribution >= 4 is 32.8 Å². The maximum atomic E-state index is 13.5. The largest absolute Gasteiger partial charge is 0.450 e. The second kappa shape index (κ2) is 7.67. The highest BCUT2D eigenvalue weighted by atomic mass is 79.9. The van der Waals surface area contributed by atoms with Crippen molar-refractivity contribution in [3.05, 3.63) is 79.6 Å². The molecule has 1 fully saturated rings.